The summed E-state index contributed by atoms with van der Waals surface area (Å²) >= 11 is 0. The molecule has 1 aliphatic carbocycles. The fraction of sp³-hybridized carbons (Fsp3) is 0.625. The van der Waals surface area contributed by atoms with E-state index in [9.17, 15) is 5.11 Å². The van der Waals surface area contributed by atoms with Crippen LogP contribution < -0.4 is 5.73 Å². The van der Waals surface area contributed by atoms with Crippen molar-refractivity contribution in [2.75, 3.05) is 0 Å². The zero-order valence-corrected chi connectivity index (χ0v) is 12.2. The summed E-state index contributed by atoms with van der Waals surface area (Å²) in [5, 5.41) is 10.3. The Morgan fingerprint density at radius 2 is 1.83 bits per heavy atom. The third kappa shape index (κ3) is 2.03. The van der Waals surface area contributed by atoms with Crippen LogP contribution >= 0.6 is 0 Å². The van der Waals surface area contributed by atoms with Crippen LogP contribution in [-0.2, 0) is 10.8 Å². The Hall–Kier alpha value is -1.02. The van der Waals surface area contributed by atoms with Gasteiger partial charge in [-0.15, -0.1) is 0 Å². The Labute approximate surface area is 110 Å². The third-order valence-corrected chi connectivity index (χ3v) is 4.34. The number of hydrogen-bond donors (Lipinski definition) is 2. The Morgan fingerprint density at radius 3 is 2.22 bits per heavy atom. The molecule has 3 N–H and O–H groups in total. The second kappa shape index (κ2) is 3.99. The summed E-state index contributed by atoms with van der Waals surface area (Å²) in [6.07, 6.45) is 2.33. The van der Waals surface area contributed by atoms with Crippen LogP contribution in [-0.4, -0.2) is 11.1 Å². The third-order valence-electron chi connectivity index (χ3n) is 4.34. The van der Waals surface area contributed by atoms with Crippen molar-refractivity contribution in [3.63, 3.8) is 0 Å². The van der Waals surface area contributed by atoms with E-state index in [1.807, 2.05) is 6.92 Å². The number of aryl methyl sites for hydroxylation is 1. The topological polar surface area (TPSA) is 46.2 Å². The van der Waals surface area contributed by atoms with Crippen LogP contribution in [0.15, 0.2) is 12.1 Å². The molecule has 0 aliphatic heterocycles. The molecule has 1 unspecified atom stereocenters. The minimum absolute atomic E-state index is 0.0429. The largest absolute Gasteiger partial charge is 0.507 e. The smallest absolute Gasteiger partial charge is 0.122 e. The van der Waals surface area contributed by atoms with Crippen LogP contribution in [0.25, 0.3) is 0 Å². The Morgan fingerprint density at radius 1 is 1.28 bits per heavy atom. The van der Waals surface area contributed by atoms with Crippen LogP contribution in [0.3, 0.4) is 0 Å². The first-order chi connectivity index (χ1) is 8.18. The van der Waals surface area contributed by atoms with Gasteiger partial charge in [-0.2, -0.15) is 0 Å². The number of nitrogens with two attached hydrogens (primary N) is 1. The van der Waals surface area contributed by atoms with Crippen molar-refractivity contribution < 1.29 is 5.11 Å². The molecule has 18 heavy (non-hydrogen) atoms. The lowest BCUT2D eigenvalue weighted by Crippen LogP contribution is -2.32. The molecule has 1 fully saturated rings. The lowest BCUT2D eigenvalue weighted by Gasteiger charge is -2.27. The van der Waals surface area contributed by atoms with Gasteiger partial charge in [0, 0.05) is 11.5 Å². The van der Waals surface area contributed by atoms with E-state index in [0.29, 0.717) is 5.75 Å². The minimum atomic E-state index is -0.0429. The molecule has 0 saturated heterocycles. The van der Waals surface area contributed by atoms with E-state index < -0.39 is 0 Å². The van der Waals surface area contributed by atoms with Crippen LogP contribution in [0.4, 0.5) is 0 Å². The number of rotatable bonds is 2. The van der Waals surface area contributed by atoms with Gasteiger partial charge in [0.15, 0.2) is 0 Å². The molecule has 0 bridgehead atoms. The molecule has 1 atom stereocenters. The quantitative estimate of drug-likeness (QED) is 0.841. The molecule has 1 aliphatic rings. The van der Waals surface area contributed by atoms with Gasteiger partial charge < -0.3 is 10.8 Å². The highest BCUT2D eigenvalue weighted by molar-refractivity contribution is 5.50. The van der Waals surface area contributed by atoms with Crippen LogP contribution in [0.1, 0.15) is 57.2 Å². The summed E-state index contributed by atoms with van der Waals surface area (Å²) in [4.78, 5) is 0. The fourth-order valence-corrected chi connectivity index (χ4v) is 2.78. The van der Waals surface area contributed by atoms with E-state index >= 15 is 0 Å². The summed E-state index contributed by atoms with van der Waals surface area (Å²) in [7, 11) is 0. The van der Waals surface area contributed by atoms with Crippen molar-refractivity contribution >= 4 is 0 Å². The standard InChI is InChI=1S/C16H25NO/c1-10-8-12(16(6-7-16)11(2)17)9-13(14(10)18)15(3,4)5/h8-9,11,18H,6-7,17H2,1-5H3. The summed E-state index contributed by atoms with van der Waals surface area (Å²) in [6.45, 7) is 10.5. The monoisotopic (exact) mass is 247 g/mol. The first-order valence-corrected chi connectivity index (χ1v) is 6.78. The second-order valence-corrected chi connectivity index (χ2v) is 6.88. The van der Waals surface area contributed by atoms with Crippen molar-refractivity contribution in [3.8, 4) is 5.75 Å². The number of phenolic OH excluding ortho intramolecular Hbond substituents is 1. The maximum atomic E-state index is 10.3. The van der Waals surface area contributed by atoms with E-state index in [4.69, 9.17) is 5.73 Å². The molecule has 1 saturated carbocycles. The van der Waals surface area contributed by atoms with E-state index in [1.54, 1.807) is 0 Å². The van der Waals surface area contributed by atoms with E-state index in [-0.39, 0.29) is 16.9 Å². The van der Waals surface area contributed by atoms with Crippen LogP contribution in [0, 0.1) is 6.92 Å². The molecule has 0 amide bonds. The number of benzene rings is 1. The van der Waals surface area contributed by atoms with E-state index in [2.05, 4.69) is 39.8 Å². The second-order valence-electron chi connectivity index (χ2n) is 6.88. The molecule has 0 aromatic heterocycles. The minimum Gasteiger partial charge on any atom is -0.507 e. The van der Waals surface area contributed by atoms with Crippen molar-refractivity contribution in [1.29, 1.82) is 0 Å². The highest BCUT2D eigenvalue weighted by Crippen LogP contribution is 2.52. The van der Waals surface area contributed by atoms with Gasteiger partial charge in [-0.25, -0.2) is 0 Å². The molecule has 1 aromatic rings. The summed E-state index contributed by atoms with van der Waals surface area (Å²) < 4.78 is 0. The zero-order valence-electron chi connectivity index (χ0n) is 12.2. The number of phenols is 1. The molecule has 2 heteroatoms. The molecular formula is C16H25NO. The maximum Gasteiger partial charge on any atom is 0.122 e. The Kier molecular flexibility index (Phi) is 2.97. The van der Waals surface area contributed by atoms with E-state index in [0.717, 1.165) is 11.1 Å². The summed E-state index contributed by atoms with van der Waals surface area (Å²) in [5.41, 5.74) is 9.56. The number of aromatic hydroxyl groups is 1. The average molecular weight is 247 g/mol. The van der Waals surface area contributed by atoms with Gasteiger partial charge in [0.2, 0.25) is 0 Å². The van der Waals surface area contributed by atoms with E-state index in [1.165, 1.54) is 18.4 Å². The molecule has 0 heterocycles. The lowest BCUT2D eigenvalue weighted by atomic mass is 9.80. The molecule has 1 aromatic carbocycles. The average Bonchev–Trinajstić information content (AvgIpc) is 3.00. The fourth-order valence-electron chi connectivity index (χ4n) is 2.78. The van der Waals surface area contributed by atoms with Crippen molar-refractivity contribution in [2.45, 2.75) is 64.3 Å². The highest BCUT2D eigenvalue weighted by atomic mass is 16.3. The van der Waals surface area contributed by atoms with Gasteiger partial charge in [0.25, 0.3) is 0 Å². The molecule has 2 rings (SSSR count). The van der Waals surface area contributed by atoms with Gasteiger partial charge in [0.05, 0.1) is 0 Å². The van der Waals surface area contributed by atoms with Crippen molar-refractivity contribution in [2.24, 2.45) is 5.73 Å². The van der Waals surface area contributed by atoms with Crippen LogP contribution in [0.5, 0.6) is 5.75 Å². The predicted molar refractivity (Wildman–Crippen MR) is 76.1 cm³/mol. The SMILES string of the molecule is Cc1cc(C2(C(C)N)CC2)cc(C(C)(C)C)c1O. The molecule has 0 spiro atoms. The lowest BCUT2D eigenvalue weighted by molar-refractivity contribution is 0.440. The van der Waals surface area contributed by atoms with Gasteiger partial charge in [0.1, 0.15) is 5.75 Å². The van der Waals surface area contributed by atoms with Crippen molar-refractivity contribution in [1.82, 2.24) is 0 Å². The van der Waals surface area contributed by atoms with Crippen LogP contribution in [0.2, 0.25) is 0 Å². The van der Waals surface area contributed by atoms with Gasteiger partial charge in [-0.3, -0.25) is 0 Å². The predicted octanol–water partition coefficient (Wildman–Crippen LogP) is 3.38. The van der Waals surface area contributed by atoms with Crippen molar-refractivity contribution in [3.05, 3.63) is 28.8 Å². The zero-order chi connectivity index (χ0) is 13.7. The van der Waals surface area contributed by atoms with Gasteiger partial charge in [-0.05, 0) is 48.8 Å². The van der Waals surface area contributed by atoms with Gasteiger partial charge in [-0.1, -0.05) is 32.9 Å². The summed E-state index contributed by atoms with van der Waals surface area (Å²) in [5.74, 6) is 0.437. The Balaban J connectivity index is 2.56. The Bertz CT molecular complexity index is 465. The summed E-state index contributed by atoms with van der Waals surface area (Å²) in [6, 6.07) is 4.45. The number of hydrogen-bond acceptors (Lipinski definition) is 2. The highest BCUT2D eigenvalue weighted by Gasteiger charge is 2.47. The maximum absolute atomic E-state index is 10.3. The first kappa shape index (κ1) is 13.4. The van der Waals surface area contributed by atoms with Gasteiger partial charge >= 0.3 is 0 Å². The normalized spacial score (nSPS) is 19.7. The molecular weight excluding hydrogens is 222 g/mol. The molecule has 0 radical (unpaired) electrons. The molecule has 100 valence electrons. The first-order valence-electron chi connectivity index (χ1n) is 6.78. The molecule has 2 nitrogen and oxygen atoms in total.